The van der Waals surface area contributed by atoms with Gasteiger partial charge in [-0.25, -0.2) is 0 Å². The fourth-order valence-corrected chi connectivity index (χ4v) is 2.90. The summed E-state index contributed by atoms with van der Waals surface area (Å²) in [6.07, 6.45) is 0. The van der Waals surface area contributed by atoms with Gasteiger partial charge in [0.15, 0.2) is 5.78 Å². The molecule has 0 saturated carbocycles. The molecule has 1 aliphatic carbocycles. The molecule has 3 aromatic rings. The Kier molecular flexibility index (Phi) is 2.33. The number of hydrogen-bond acceptors (Lipinski definition) is 4. The molecule has 1 aliphatic rings. The van der Waals surface area contributed by atoms with Crippen LogP contribution in [0.2, 0.25) is 0 Å². The van der Waals surface area contributed by atoms with E-state index in [4.69, 9.17) is 0 Å². The van der Waals surface area contributed by atoms with Crippen molar-refractivity contribution in [2.75, 3.05) is 0 Å². The maximum Gasteiger partial charge on any atom is 0.270 e. The van der Waals surface area contributed by atoms with Crippen LogP contribution in [-0.4, -0.2) is 15.7 Å². The molecule has 1 heterocycles. The summed E-state index contributed by atoms with van der Waals surface area (Å²) in [5.41, 5.74) is 1.46. The van der Waals surface area contributed by atoms with E-state index in [2.05, 4.69) is 4.98 Å². The van der Waals surface area contributed by atoms with E-state index >= 15 is 0 Å². The monoisotopic (exact) mass is 292 g/mol. The van der Waals surface area contributed by atoms with Crippen LogP contribution >= 0.6 is 0 Å². The van der Waals surface area contributed by atoms with Crippen LogP contribution in [0.3, 0.4) is 0 Å². The van der Waals surface area contributed by atoms with Crippen LogP contribution < -0.4 is 5.56 Å². The Morgan fingerprint density at radius 1 is 0.955 bits per heavy atom. The molecule has 0 amide bonds. The number of rotatable bonds is 1. The van der Waals surface area contributed by atoms with Gasteiger partial charge in [0, 0.05) is 28.6 Å². The van der Waals surface area contributed by atoms with Gasteiger partial charge >= 0.3 is 0 Å². The molecule has 0 radical (unpaired) electrons. The molecule has 1 N–H and O–H groups in total. The lowest BCUT2D eigenvalue weighted by Gasteiger charge is -2.04. The van der Waals surface area contributed by atoms with E-state index in [0.717, 1.165) is 0 Å². The predicted octanol–water partition coefficient (Wildman–Crippen LogP) is 2.65. The van der Waals surface area contributed by atoms with E-state index in [1.807, 2.05) is 0 Å². The number of nitrogens with one attached hydrogen (secondary N) is 1. The number of pyridine rings is 1. The minimum Gasteiger partial charge on any atom is -0.321 e. The van der Waals surface area contributed by atoms with Gasteiger partial charge in [0.05, 0.1) is 21.6 Å². The number of hydrogen-bond donors (Lipinski definition) is 1. The van der Waals surface area contributed by atoms with Crippen molar-refractivity contribution in [3.05, 3.63) is 74.1 Å². The minimum atomic E-state index is -0.567. The van der Waals surface area contributed by atoms with Gasteiger partial charge in [0.1, 0.15) is 0 Å². The zero-order valence-electron chi connectivity index (χ0n) is 11.1. The summed E-state index contributed by atoms with van der Waals surface area (Å²) in [5.74, 6) is -0.180. The fourth-order valence-electron chi connectivity index (χ4n) is 2.90. The smallest absolute Gasteiger partial charge is 0.270 e. The van der Waals surface area contributed by atoms with E-state index in [1.165, 1.54) is 18.2 Å². The van der Waals surface area contributed by atoms with E-state index in [0.29, 0.717) is 27.8 Å². The lowest BCUT2D eigenvalue weighted by Crippen LogP contribution is -2.10. The van der Waals surface area contributed by atoms with Crippen LogP contribution in [0, 0.1) is 10.1 Å². The van der Waals surface area contributed by atoms with Crippen molar-refractivity contribution in [2.24, 2.45) is 0 Å². The van der Waals surface area contributed by atoms with Crippen molar-refractivity contribution in [1.29, 1.82) is 0 Å². The van der Waals surface area contributed by atoms with E-state index in [-0.39, 0.29) is 16.9 Å². The van der Waals surface area contributed by atoms with Crippen molar-refractivity contribution in [1.82, 2.24) is 4.98 Å². The number of nitro benzene ring substituents is 1. The van der Waals surface area contributed by atoms with Gasteiger partial charge in [-0.3, -0.25) is 19.7 Å². The first-order chi connectivity index (χ1) is 10.6. The second kappa shape index (κ2) is 4.11. The second-order valence-electron chi connectivity index (χ2n) is 5.07. The summed E-state index contributed by atoms with van der Waals surface area (Å²) >= 11 is 0. The van der Waals surface area contributed by atoms with Crippen molar-refractivity contribution in [2.45, 2.75) is 0 Å². The highest BCUT2D eigenvalue weighted by molar-refractivity contribution is 6.26. The summed E-state index contributed by atoms with van der Waals surface area (Å²) in [5, 5.41) is 11.4. The summed E-state index contributed by atoms with van der Waals surface area (Å²) < 4.78 is 0. The van der Waals surface area contributed by atoms with E-state index < -0.39 is 10.5 Å². The number of H-pyrrole nitrogens is 1. The molecule has 4 rings (SSSR count). The van der Waals surface area contributed by atoms with Crippen LogP contribution in [0.1, 0.15) is 15.9 Å². The lowest BCUT2D eigenvalue weighted by molar-refractivity contribution is -0.384. The maximum absolute atomic E-state index is 12.6. The number of ketones is 1. The molecule has 0 bridgehead atoms. The van der Waals surface area contributed by atoms with Crippen LogP contribution in [0.4, 0.5) is 5.69 Å². The van der Waals surface area contributed by atoms with Crippen molar-refractivity contribution < 1.29 is 9.72 Å². The molecule has 2 aromatic carbocycles. The first kappa shape index (κ1) is 12.5. The summed E-state index contributed by atoms with van der Waals surface area (Å²) in [6.45, 7) is 0. The molecule has 1 aromatic heterocycles. The highest BCUT2D eigenvalue weighted by Gasteiger charge is 2.30. The standard InChI is InChI=1S/C16H8N2O4/c19-15-11-4-2-1-3-10(11)14-13(15)9-6-5-8(18(21)22)7-12(9)16(20)17-14/h1-7H,(H,17,20). The van der Waals surface area contributed by atoms with Crippen LogP contribution in [0.5, 0.6) is 0 Å². The molecule has 0 saturated heterocycles. The molecule has 6 nitrogen and oxygen atoms in total. The third-order valence-electron chi connectivity index (χ3n) is 3.88. The average Bonchev–Trinajstić information content (AvgIpc) is 2.80. The van der Waals surface area contributed by atoms with Gasteiger partial charge in [-0.05, 0) is 6.07 Å². The Balaban J connectivity index is 2.14. The van der Waals surface area contributed by atoms with Crippen LogP contribution in [0.15, 0.2) is 47.3 Å². The number of non-ortho nitro benzene ring substituents is 1. The SMILES string of the molecule is O=C1c2ccccc2-c2[nH]c(=O)c3cc([N+](=O)[O-])ccc3c21. The lowest BCUT2D eigenvalue weighted by atomic mass is 10.0. The number of carbonyl (C=O) groups excluding carboxylic acids is 1. The first-order valence-corrected chi connectivity index (χ1v) is 6.56. The topological polar surface area (TPSA) is 93.1 Å². The number of benzene rings is 2. The van der Waals surface area contributed by atoms with E-state index in [9.17, 15) is 19.7 Å². The van der Waals surface area contributed by atoms with Crippen molar-refractivity contribution >= 4 is 22.2 Å². The number of fused-ring (bicyclic) bond motifs is 5. The van der Waals surface area contributed by atoms with Gasteiger partial charge in [0.2, 0.25) is 0 Å². The Labute approximate surface area is 123 Å². The van der Waals surface area contributed by atoms with Crippen LogP contribution in [-0.2, 0) is 0 Å². The Morgan fingerprint density at radius 3 is 2.41 bits per heavy atom. The largest absolute Gasteiger partial charge is 0.321 e. The number of nitro groups is 1. The third-order valence-corrected chi connectivity index (χ3v) is 3.88. The van der Waals surface area contributed by atoms with E-state index in [1.54, 1.807) is 24.3 Å². The second-order valence-corrected chi connectivity index (χ2v) is 5.07. The molecular formula is C16H8N2O4. The normalized spacial score (nSPS) is 12.3. The van der Waals surface area contributed by atoms with Gasteiger partial charge in [-0.2, -0.15) is 0 Å². The zero-order chi connectivity index (χ0) is 15.4. The summed E-state index contributed by atoms with van der Waals surface area (Å²) in [6, 6.07) is 11.0. The molecule has 6 heteroatoms. The molecule has 0 unspecified atom stereocenters. The predicted molar refractivity (Wildman–Crippen MR) is 80.1 cm³/mol. The van der Waals surface area contributed by atoms with Crippen LogP contribution in [0.25, 0.3) is 22.0 Å². The molecule has 0 spiro atoms. The molecule has 0 fully saturated rings. The molecule has 0 aliphatic heterocycles. The number of carbonyl (C=O) groups is 1. The van der Waals surface area contributed by atoms with Crippen molar-refractivity contribution in [3.8, 4) is 11.3 Å². The first-order valence-electron chi connectivity index (χ1n) is 6.56. The Morgan fingerprint density at radius 2 is 1.68 bits per heavy atom. The third kappa shape index (κ3) is 1.49. The van der Waals surface area contributed by atoms with Gasteiger partial charge in [-0.1, -0.05) is 24.3 Å². The molecule has 106 valence electrons. The minimum absolute atomic E-state index is 0.147. The summed E-state index contributed by atoms with van der Waals surface area (Å²) in [4.78, 5) is 37.8. The zero-order valence-corrected chi connectivity index (χ0v) is 11.1. The van der Waals surface area contributed by atoms with Crippen molar-refractivity contribution in [3.63, 3.8) is 0 Å². The fraction of sp³-hybridized carbons (Fsp3) is 0. The molecule has 0 atom stereocenters. The number of aromatic nitrogens is 1. The Bertz CT molecular complexity index is 1050. The average molecular weight is 292 g/mol. The van der Waals surface area contributed by atoms with Gasteiger partial charge in [-0.15, -0.1) is 0 Å². The number of aromatic amines is 1. The summed E-state index contributed by atoms with van der Waals surface area (Å²) in [7, 11) is 0. The molecular weight excluding hydrogens is 284 g/mol. The molecule has 22 heavy (non-hydrogen) atoms. The van der Waals surface area contributed by atoms with Gasteiger partial charge in [0.25, 0.3) is 11.2 Å². The Hall–Kier alpha value is -3.28. The quantitative estimate of drug-likeness (QED) is 0.431. The van der Waals surface area contributed by atoms with Gasteiger partial charge < -0.3 is 4.98 Å². The number of nitrogens with zero attached hydrogens (tertiary/aromatic N) is 1. The highest BCUT2D eigenvalue weighted by atomic mass is 16.6. The maximum atomic E-state index is 12.6. The highest BCUT2D eigenvalue weighted by Crippen LogP contribution is 2.37.